The van der Waals surface area contributed by atoms with Crippen LogP contribution in [0.5, 0.6) is 5.75 Å². The fraction of sp³-hybridized carbons (Fsp3) is 0.118. The van der Waals surface area contributed by atoms with E-state index in [0.717, 1.165) is 12.1 Å². The summed E-state index contributed by atoms with van der Waals surface area (Å²) >= 11 is 0. The van der Waals surface area contributed by atoms with Gasteiger partial charge in [-0.05, 0) is 35.9 Å². The molecule has 0 heterocycles. The second kappa shape index (κ2) is 6.56. The van der Waals surface area contributed by atoms with Gasteiger partial charge in [-0.1, -0.05) is 24.3 Å². The summed E-state index contributed by atoms with van der Waals surface area (Å²) in [4.78, 5) is 11.0. The molecular formula is C17H13F3O3. The van der Waals surface area contributed by atoms with Crippen molar-refractivity contribution >= 4 is 18.1 Å². The van der Waals surface area contributed by atoms with Crippen molar-refractivity contribution in [2.45, 2.75) is 6.18 Å². The van der Waals surface area contributed by atoms with E-state index in [9.17, 15) is 18.0 Å². The molecule has 0 atom stereocenters. The molecule has 0 amide bonds. The summed E-state index contributed by atoms with van der Waals surface area (Å²) in [5.74, 6) is -0.602. The average molecular weight is 322 g/mol. The zero-order valence-electron chi connectivity index (χ0n) is 12.1. The van der Waals surface area contributed by atoms with Gasteiger partial charge in [0, 0.05) is 5.56 Å². The number of aromatic carboxylic acids is 1. The predicted molar refractivity (Wildman–Crippen MR) is 80.3 cm³/mol. The number of ether oxygens (including phenoxy) is 1. The lowest BCUT2D eigenvalue weighted by Gasteiger charge is -2.07. The molecule has 3 nitrogen and oxygen atoms in total. The lowest BCUT2D eigenvalue weighted by atomic mass is 10.1. The molecule has 0 spiro atoms. The first kappa shape index (κ1) is 16.6. The topological polar surface area (TPSA) is 46.5 Å². The van der Waals surface area contributed by atoms with Gasteiger partial charge in [-0.3, -0.25) is 0 Å². The zero-order chi connectivity index (χ0) is 17.0. The summed E-state index contributed by atoms with van der Waals surface area (Å²) in [5.41, 5.74) is 0.450. The van der Waals surface area contributed by atoms with Crippen LogP contribution in [0.1, 0.15) is 27.0 Å². The van der Waals surface area contributed by atoms with Crippen LogP contribution in [0.25, 0.3) is 12.2 Å². The first-order valence-electron chi connectivity index (χ1n) is 6.58. The molecule has 2 rings (SSSR count). The van der Waals surface area contributed by atoms with E-state index < -0.39 is 17.7 Å². The van der Waals surface area contributed by atoms with Crippen LogP contribution < -0.4 is 4.74 Å². The smallest absolute Gasteiger partial charge is 0.416 e. The van der Waals surface area contributed by atoms with Gasteiger partial charge in [0.05, 0.1) is 18.2 Å². The number of carboxylic acid groups (broad SMARTS) is 1. The minimum Gasteiger partial charge on any atom is -0.496 e. The van der Waals surface area contributed by atoms with E-state index in [1.165, 1.54) is 37.4 Å². The maximum atomic E-state index is 12.5. The molecule has 23 heavy (non-hydrogen) atoms. The van der Waals surface area contributed by atoms with Gasteiger partial charge in [-0.15, -0.1) is 0 Å². The number of carbonyl (C=O) groups is 1. The van der Waals surface area contributed by atoms with Crippen molar-refractivity contribution in [3.8, 4) is 5.75 Å². The Bertz CT molecular complexity index is 732. The van der Waals surface area contributed by atoms with Gasteiger partial charge in [-0.2, -0.15) is 13.2 Å². The highest BCUT2D eigenvalue weighted by Gasteiger charge is 2.29. The Morgan fingerprint density at radius 3 is 2.26 bits per heavy atom. The van der Waals surface area contributed by atoms with Crippen LogP contribution in [0, 0.1) is 0 Å². The molecule has 0 radical (unpaired) electrons. The van der Waals surface area contributed by atoms with E-state index in [0.29, 0.717) is 16.9 Å². The van der Waals surface area contributed by atoms with Gasteiger partial charge in [0.15, 0.2) is 0 Å². The zero-order valence-corrected chi connectivity index (χ0v) is 12.1. The number of hydrogen-bond donors (Lipinski definition) is 1. The number of rotatable bonds is 4. The maximum absolute atomic E-state index is 12.5. The summed E-state index contributed by atoms with van der Waals surface area (Å²) in [7, 11) is 1.45. The molecule has 6 heteroatoms. The number of benzene rings is 2. The fourth-order valence-electron chi connectivity index (χ4n) is 1.97. The molecular weight excluding hydrogens is 309 g/mol. The molecule has 1 N–H and O–H groups in total. The quantitative estimate of drug-likeness (QED) is 0.838. The summed E-state index contributed by atoms with van der Waals surface area (Å²) in [6.07, 6.45) is -1.20. The molecule has 0 fully saturated rings. The number of carboxylic acids is 1. The van der Waals surface area contributed by atoms with Crippen molar-refractivity contribution in [2.75, 3.05) is 7.11 Å². The molecule has 2 aromatic rings. The first-order valence-corrected chi connectivity index (χ1v) is 6.58. The highest BCUT2D eigenvalue weighted by atomic mass is 19.4. The van der Waals surface area contributed by atoms with E-state index in [1.807, 2.05) is 0 Å². The SMILES string of the molecule is COc1ccc(C(=O)O)cc1C=Cc1ccc(C(F)(F)F)cc1. The van der Waals surface area contributed by atoms with Crippen molar-refractivity contribution in [3.05, 3.63) is 64.7 Å². The molecule has 0 aliphatic heterocycles. The first-order chi connectivity index (χ1) is 10.8. The highest BCUT2D eigenvalue weighted by Crippen LogP contribution is 2.29. The van der Waals surface area contributed by atoms with Crippen molar-refractivity contribution in [1.82, 2.24) is 0 Å². The van der Waals surface area contributed by atoms with Crippen molar-refractivity contribution in [3.63, 3.8) is 0 Å². The Morgan fingerprint density at radius 2 is 1.74 bits per heavy atom. The average Bonchev–Trinajstić information content (AvgIpc) is 2.52. The monoisotopic (exact) mass is 322 g/mol. The lowest BCUT2D eigenvalue weighted by molar-refractivity contribution is -0.137. The van der Waals surface area contributed by atoms with Gasteiger partial charge < -0.3 is 9.84 Å². The molecule has 0 aliphatic rings. The Labute approximate surface area is 130 Å². The van der Waals surface area contributed by atoms with E-state index >= 15 is 0 Å². The standard InChI is InChI=1S/C17H13F3O3/c1-23-15-9-6-13(16(21)22)10-12(15)5-2-11-3-7-14(8-4-11)17(18,19)20/h2-10H,1H3,(H,21,22). The third-order valence-electron chi connectivity index (χ3n) is 3.17. The van der Waals surface area contributed by atoms with Crippen molar-refractivity contribution in [2.24, 2.45) is 0 Å². The minimum absolute atomic E-state index is 0.0952. The predicted octanol–water partition coefficient (Wildman–Crippen LogP) is 4.58. The molecule has 2 aromatic carbocycles. The molecule has 120 valence electrons. The molecule has 0 aliphatic carbocycles. The normalized spacial score (nSPS) is 11.7. The molecule has 0 saturated heterocycles. The van der Waals surface area contributed by atoms with Gasteiger partial charge in [0.25, 0.3) is 0 Å². The van der Waals surface area contributed by atoms with Crippen LogP contribution in [0.3, 0.4) is 0 Å². The van der Waals surface area contributed by atoms with E-state index in [2.05, 4.69) is 0 Å². The van der Waals surface area contributed by atoms with Crippen molar-refractivity contribution in [1.29, 1.82) is 0 Å². The molecule has 0 aromatic heterocycles. The summed E-state index contributed by atoms with van der Waals surface area (Å²) in [6, 6.07) is 9.03. The molecule has 0 bridgehead atoms. The van der Waals surface area contributed by atoms with Crippen LogP contribution in [0.4, 0.5) is 13.2 Å². The van der Waals surface area contributed by atoms with E-state index in [-0.39, 0.29) is 5.56 Å². The molecule has 0 unspecified atom stereocenters. The maximum Gasteiger partial charge on any atom is 0.416 e. The lowest BCUT2D eigenvalue weighted by Crippen LogP contribution is -2.03. The summed E-state index contributed by atoms with van der Waals surface area (Å²) in [5, 5.41) is 8.99. The molecule has 0 saturated carbocycles. The van der Waals surface area contributed by atoms with Crippen LogP contribution in [0.15, 0.2) is 42.5 Å². The van der Waals surface area contributed by atoms with Gasteiger partial charge in [0.2, 0.25) is 0 Å². The third-order valence-corrected chi connectivity index (χ3v) is 3.17. The van der Waals surface area contributed by atoms with Crippen molar-refractivity contribution < 1.29 is 27.8 Å². The Hall–Kier alpha value is -2.76. The number of methoxy groups -OCH3 is 1. The minimum atomic E-state index is -4.37. The summed E-state index contributed by atoms with van der Waals surface area (Å²) < 4.78 is 42.6. The second-order valence-corrected chi connectivity index (χ2v) is 4.71. The fourth-order valence-corrected chi connectivity index (χ4v) is 1.97. The third kappa shape index (κ3) is 4.12. The number of hydrogen-bond acceptors (Lipinski definition) is 2. The Balaban J connectivity index is 2.29. The highest BCUT2D eigenvalue weighted by molar-refractivity contribution is 5.89. The Kier molecular flexibility index (Phi) is 4.74. The summed E-state index contributed by atoms with van der Waals surface area (Å²) in [6.45, 7) is 0. The van der Waals surface area contributed by atoms with Crippen LogP contribution >= 0.6 is 0 Å². The largest absolute Gasteiger partial charge is 0.496 e. The Morgan fingerprint density at radius 1 is 1.09 bits per heavy atom. The second-order valence-electron chi connectivity index (χ2n) is 4.71. The van der Waals surface area contributed by atoms with E-state index in [1.54, 1.807) is 12.2 Å². The van der Waals surface area contributed by atoms with Crippen LogP contribution in [-0.2, 0) is 6.18 Å². The van der Waals surface area contributed by atoms with E-state index in [4.69, 9.17) is 9.84 Å². The number of halogens is 3. The van der Waals surface area contributed by atoms with Gasteiger partial charge >= 0.3 is 12.1 Å². The van der Waals surface area contributed by atoms with Crippen LogP contribution in [0.2, 0.25) is 0 Å². The van der Waals surface area contributed by atoms with Gasteiger partial charge in [-0.25, -0.2) is 4.79 Å². The number of alkyl halides is 3. The van der Waals surface area contributed by atoms with Crippen LogP contribution in [-0.4, -0.2) is 18.2 Å². The van der Waals surface area contributed by atoms with Gasteiger partial charge in [0.1, 0.15) is 5.75 Å².